The second kappa shape index (κ2) is 17.3. The van der Waals surface area contributed by atoms with E-state index < -0.39 is 51.9 Å². The maximum absolute atomic E-state index is 15.7. The summed E-state index contributed by atoms with van der Waals surface area (Å²) in [5.41, 5.74) is 0.935. The quantitative estimate of drug-likeness (QED) is 0.0789. The van der Waals surface area contributed by atoms with Gasteiger partial charge in [-0.05, 0) is 92.3 Å². The Labute approximate surface area is 409 Å². The first-order valence-electron chi connectivity index (χ1n) is 25.6. The minimum Gasteiger partial charge on any atom is -0.496 e. The van der Waals surface area contributed by atoms with Crippen molar-refractivity contribution in [3.63, 3.8) is 0 Å². The van der Waals surface area contributed by atoms with Crippen LogP contribution in [0.4, 0.5) is 5.69 Å². The molecule has 7 heterocycles. The lowest BCUT2D eigenvalue weighted by molar-refractivity contribution is -0.204. The number of nitrogens with zero attached hydrogens (tertiary/aromatic N) is 3. The normalized spacial score (nSPS) is 32.5. The van der Waals surface area contributed by atoms with Crippen molar-refractivity contribution >= 4 is 45.3 Å². The molecule has 1 unspecified atom stereocenters. The lowest BCUT2D eigenvalue weighted by Crippen LogP contribution is -2.82. The molecule has 370 valence electrons. The average Bonchev–Trinajstić information content (AvgIpc) is 4.15. The van der Waals surface area contributed by atoms with Gasteiger partial charge in [0.15, 0.2) is 5.60 Å². The van der Waals surface area contributed by atoms with Crippen LogP contribution in [0.1, 0.15) is 80.8 Å². The predicted molar refractivity (Wildman–Crippen MR) is 268 cm³/mol. The molecule has 2 bridgehead atoms. The molecule has 1 aliphatic carbocycles. The zero-order valence-corrected chi connectivity index (χ0v) is 41.3. The van der Waals surface area contributed by atoms with E-state index in [2.05, 4.69) is 62.3 Å². The third kappa shape index (κ3) is 6.47. The Bertz CT molecular complexity index is 2910. The number of aliphatic hydroxyl groups is 2. The first-order valence-corrected chi connectivity index (χ1v) is 25.6. The number of ether oxygens (including phenoxy) is 3. The van der Waals surface area contributed by atoms with Gasteiger partial charge in [-0.3, -0.25) is 14.5 Å². The number of hydrogen-bond acceptors (Lipinski definition) is 11. The van der Waals surface area contributed by atoms with E-state index in [9.17, 15) is 15.0 Å². The third-order valence-electron chi connectivity index (χ3n) is 18.1. The summed E-state index contributed by atoms with van der Waals surface area (Å²) >= 11 is 0. The molecular formula is C56H68N6O8. The molecule has 3 fully saturated rings. The first kappa shape index (κ1) is 46.7. The second-order valence-electron chi connectivity index (χ2n) is 21.2. The molecule has 1 spiro atoms. The van der Waals surface area contributed by atoms with Gasteiger partial charge in [-0.25, -0.2) is 4.79 Å². The Balaban J connectivity index is 1.12. The van der Waals surface area contributed by atoms with E-state index in [1.807, 2.05) is 67.5 Å². The van der Waals surface area contributed by atoms with Crippen LogP contribution in [0, 0.1) is 17.3 Å². The highest BCUT2D eigenvalue weighted by atomic mass is 16.5. The van der Waals surface area contributed by atoms with Gasteiger partial charge in [0.1, 0.15) is 23.3 Å². The highest BCUT2D eigenvalue weighted by Crippen LogP contribution is 2.67. The molecule has 5 aliphatic heterocycles. The number of fused-ring (bicyclic) bond motifs is 7. The molecule has 1 saturated carbocycles. The summed E-state index contributed by atoms with van der Waals surface area (Å²) in [6.07, 6.45) is 8.59. The van der Waals surface area contributed by atoms with Crippen LogP contribution in [0.2, 0.25) is 0 Å². The van der Waals surface area contributed by atoms with Crippen molar-refractivity contribution in [1.29, 1.82) is 0 Å². The van der Waals surface area contributed by atoms with E-state index in [1.54, 1.807) is 14.0 Å². The number of carbonyl (C=O) groups excluding carboxylic acids is 3. The summed E-state index contributed by atoms with van der Waals surface area (Å²) in [5.74, 6) is -0.750. The van der Waals surface area contributed by atoms with E-state index in [0.717, 1.165) is 88.8 Å². The van der Waals surface area contributed by atoms with Gasteiger partial charge in [-0.2, -0.15) is 0 Å². The molecule has 0 radical (unpaired) electrons. The SMILES string of the molecule is CCOC(=O)[C@H](Cc1c[nH]c2ccccc12)NC(=O)[C@]1(O)[C@H](O)[C@]2(CC)C=CCN3CC[C@]4(c5cc([C@]6(C(=O)OC)C[C@H]7C[C@H](CC)CN(CCc8c6[nH]c6ccccc86)C7)c(OC)cc5N(C)[C@H]14)[C@H]32. The van der Waals surface area contributed by atoms with Gasteiger partial charge in [-0.15, -0.1) is 0 Å². The molecule has 2 saturated heterocycles. The van der Waals surface area contributed by atoms with Gasteiger partial charge in [0.25, 0.3) is 5.91 Å². The number of amides is 1. The first-order chi connectivity index (χ1) is 33.8. The van der Waals surface area contributed by atoms with Crippen molar-refractivity contribution < 1.29 is 38.8 Å². The van der Waals surface area contributed by atoms with Gasteiger partial charge in [0.2, 0.25) is 0 Å². The lowest BCUT2D eigenvalue weighted by atomic mass is 9.47. The van der Waals surface area contributed by atoms with Crippen LogP contribution in [-0.4, -0.2) is 138 Å². The third-order valence-corrected chi connectivity index (χ3v) is 18.1. The number of benzene rings is 3. The number of esters is 2. The van der Waals surface area contributed by atoms with Crippen LogP contribution in [-0.2, 0) is 47.5 Å². The summed E-state index contributed by atoms with van der Waals surface area (Å²) < 4.78 is 18.1. The minimum absolute atomic E-state index is 0.0888. The van der Waals surface area contributed by atoms with E-state index in [1.165, 1.54) is 7.11 Å². The van der Waals surface area contributed by atoms with E-state index in [4.69, 9.17) is 14.2 Å². The number of piperidine rings is 1. The Hall–Kier alpha value is -5.67. The molecule has 14 nitrogen and oxygen atoms in total. The van der Waals surface area contributed by atoms with E-state index in [-0.39, 0.29) is 31.0 Å². The Kier molecular flexibility index (Phi) is 11.5. The number of nitrogens with one attached hydrogen (secondary N) is 3. The number of methoxy groups -OCH3 is 2. The predicted octanol–water partition coefficient (Wildman–Crippen LogP) is 5.90. The summed E-state index contributed by atoms with van der Waals surface area (Å²) in [5, 5.41) is 32.0. The number of likely N-dealkylation sites (N-methyl/N-ethyl adjacent to an activating group) is 1. The molecule has 11 atom stereocenters. The maximum atomic E-state index is 15.7. The van der Waals surface area contributed by atoms with E-state index in [0.29, 0.717) is 49.6 Å². The summed E-state index contributed by atoms with van der Waals surface area (Å²) in [7, 11) is 4.99. The zero-order chi connectivity index (χ0) is 48.9. The van der Waals surface area contributed by atoms with Gasteiger partial charge in [-0.1, -0.05) is 68.8 Å². The van der Waals surface area contributed by atoms with Crippen LogP contribution < -0.4 is 15.0 Å². The number of carbonyl (C=O) groups is 3. The number of rotatable bonds is 11. The van der Waals surface area contributed by atoms with Crippen LogP contribution in [0.3, 0.4) is 0 Å². The Morgan fingerprint density at radius 3 is 2.47 bits per heavy atom. The number of hydrogen-bond donors (Lipinski definition) is 5. The van der Waals surface area contributed by atoms with Crippen molar-refractivity contribution in [2.24, 2.45) is 17.3 Å². The molecule has 3 aromatic carbocycles. The van der Waals surface area contributed by atoms with Gasteiger partial charge in [0.05, 0.1) is 26.9 Å². The highest BCUT2D eigenvalue weighted by molar-refractivity contribution is 5.96. The number of anilines is 1. The minimum atomic E-state index is -2.47. The van der Waals surface area contributed by atoms with Crippen molar-refractivity contribution in [2.75, 3.05) is 65.5 Å². The van der Waals surface area contributed by atoms with Gasteiger partial charge in [0, 0.05) is 108 Å². The monoisotopic (exact) mass is 953 g/mol. The van der Waals surface area contributed by atoms with Gasteiger partial charge >= 0.3 is 11.9 Å². The van der Waals surface area contributed by atoms with Crippen molar-refractivity contribution in [1.82, 2.24) is 25.1 Å². The van der Waals surface area contributed by atoms with Crippen molar-refractivity contribution in [3.8, 4) is 5.75 Å². The fraction of sp³-hybridized carbons (Fsp3) is 0.518. The van der Waals surface area contributed by atoms with Crippen molar-refractivity contribution in [2.45, 2.75) is 106 Å². The van der Waals surface area contributed by atoms with Crippen LogP contribution in [0.15, 0.2) is 79.0 Å². The highest BCUT2D eigenvalue weighted by Gasteiger charge is 2.79. The van der Waals surface area contributed by atoms with Crippen LogP contribution in [0.5, 0.6) is 5.75 Å². The largest absolute Gasteiger partial charge is 0.496 e. The smallest absolute Gasteiger partial charge is 0.328 e. The van der Waals surface area contributed by atoms with Crippen molar-refractivity contribution in [3.05, 3.63) is 107 Å². The van der Waals surface area contributed by atoms with E-state index >= 15 is 9.59 Å². The Morgan fingerprint density at radius 2 is 1.73 bits per heavy atom. The maximum Gasteiger partial charge on any atom is 0.328 e. The molecule has 5 N–H and O–H groups in total. The number of aliphatic hydroxyl groups excluding tert-OH is 1. The molecule has 11 rings (SSSR count). The average molecular weight is 953 g/mol. The van der Waals surface area contributed by atoms with Crippen LogP contribution in [0.25, 0.3) is 21.8 Å². The summed E-state index contributed by atoms with van der Waals surface area (Å²) in [4.78, 5) is 59.2. The Morgan fingerprint density at radius 1 is 0.957 bits per heavy atom. The molecule has 5 aromatic rings. The molecule has 6 aliphatic rings. The number of para-hydroxylation sites is 2. The standard InChI is InChI=1S/C56H68N6O8/c1-7-33-25-34-29-55(52(66)69-6,46-38(19-23-61(31-33)32-34)37-16-11-13-18-42(37)58-46)40-27-39-44(28-45(40)68-5)60(4)49-54(39)21-24-62-22-14-20-53(8-2,48(54)62)50(64)56(49,67)51(65)59-43(47(63)70-9-3)26-35-30-57-41-17-12-10-15-36(35)41/h10-18,20,27-28,30,33-34,43,48-50,57-58,64,67H,7-9,19,21-26,29,31-32H2,1-6H3,(H,59,65)/t33-,34+,43-,48+,49-,50+,53+,54-,55+,56+/m0/s1. The fourth-order valence-corrected chi connectivity index (χ4v) is 15.2. The summed E-state index contributed by atoms with van der Waals surface area (Å²) in [6, 6.07) is 17.6. The second-order valence-corrected chi connectivity index (χ2v) is 21.2. The molecule has 1 amide bonds. The number of H-pyrrole nitrogens is 2. The molecule has 2 aromatic heterocycles. The molecule has 14 heteroatoms. The van der Waals surface area contributed by atoms with Gasteiger partial charge < -0.3 is 49.5 Å². The zero-order valence-electron chi connectivity index (χ0n) is 41.3. The lowest BCUT2D eigenvalue weighted by Gasteiger charge is -2.63. The number of aromatic nitrogens is 2. The molecule has 70 heavy (non-hydrogen) atoms. The van der Waals surface area contributed by atoms with Crippen LogP contribution >= 0.6 is 0 Å². The molecular weight excluding hydrogens is 885 g/mol. The fourth-order valence-electron chi connectivity index (χ4n) is 15.2. The topological polar surface area (TPSA) is 173 Å². The summed E-state index contributed by atoms with van der Waals surface area (Å²) in [6.45, 7) is 10.1. The number of aromatic amines is 2.